The van der Waals surface area contributed by atoms with Crippen molar-refractivity contribution in [1.82, 2.24) is 4.90 Å². The molecule has 2 atom stereocenters. The third-order valence-electron chi connectivity index (χ3n) is 2.83. The topological polar surface area (TPSA) is 49.8 Å². The Morgan fingerprint density at radius 1 is 1.50 bits per heavy atom. The van der Waals surface area contributed by atoms with Gasteiger partial charge in [0.15, 0.2) is 0 Å². The molecular formula is C13H17NO3S. The summed E-state index contributed by atoms with van der Waals surface area (Å²) in [5.41, 5.74) is 1.06. The molecule has 1 aromatic carbocycles. The van der Waals surface area contributed by atoms with Crippen molar-refractivity contribution in [2.24, 2.45) is 0 Å². The number of hydrogen-bond donors (Lipinski definition) is 1. The Morgan fingerprint density at radius 3 is 2.72 bits per heavy atom. The van der Waals surface area contributed by atoms with Gasteiger partial charge in [0.1, 0.15) is 11.1 Å². The molecule has 1 amide bonds. The number of ether oxygens (including phenoxy) is 1. The number of β-amino-alcohol motifs (C(OH)–C–C–N with tert-alkyl or cyclic N) is 1. The molecule has 0 spiro atoms. The van der Waals surface area contributed by atoms with Gasteiger partial charge in [0.25, 0.3) is 0 Å². The maximum Gasteiger partial charge on any atom is 0.233 e. The van der Waals surface area contributed by atoms with Crippen LogP contribution in [0, 0.1) is 0 Å². The molecule has 1 aromatic rings. The highest BCUT2D eigenvalue weighted by Crippen LogP contribution is 2.38. The monoisotopic (exact) mass is 267 g/mol. The smallest absolute Gasteiger partial charge is 0.233 e. The van der Waals surface area contributed by atoms with Gasteiger partial charge in [-0.05, 0) is 24.6 Å². The van der Waals surface area contributed by atoms with E-state index in [2.05, 4.69) is 0 Å². The van der Waals surface area contributed by atoms with Crippen molar-refractivity contribution in [3.8, 4) is 5.75 Å². The molecule has 1 aliphatic rings. The Balaban J connectivity index is 2.17. The van der Waals surface area contributed by atoms with Gasteiger partial charge in [0.05, 0.1) is 19.0 Å². The number of carbonyl (C=O) groups excluding carboxylic acids is 1. The summed E-state index contributed by atoms with van der Waals surface area (Å²) in [6.45, 7) is 2.07. The fraction of sp³-hybridized carbons (Fsp3) is 0.462. The van der Waals surface area contributed by atoms with Gasteiger partial charge in [0.2, 0.25) is 5.91 Å². The van der Waals surface area contributed by atoms with Crippen LogP contribution in [0.3, 0.4) is 0 Å². The second-order valence-electron chi connectivity index (χ2n) is 4.33. The fourth-order valence-corrected chi connectivity index (χ4v) is 3.18. The van der Waals surface area contributed by atoms with Gasteiger partial charge in [-0.15, -0.1) is 11.8 Å². The molecule has 2 rings (SSSR count). The minimum atomic E-state index is -0.506. The largest absolute Gasteiger partial charge is 0.497 e. The summed E-state index contributed by atoms with van der Waals surface area (Å²) < 4.78 is 5.12. The van der Waals surface area contributed by atoms with Crippen LogP contribution in [0.15, 0.2) is 24.3 Å². The van der Waals surface area contributed by atoms with Gasteiger partial charge >= 0.3 is 0 Å². The number of methoxy groups -OCH3 is 1. The number of carbonyl (C=O) groups is 1. The molecule has 18 heavy (non-hydrogen) atoms. The third kappa shape index (κ3) is 2.79. The molecule has 1 N–H and O–H groups in total. The number of rotatable bonds is 4. The average Bonchev–Trinajstić information content (AvgIpc) is 2.71. The molecule has 1 heterocycles. The summed E-state index contributed by atoms with van der Waals surface area (Å²) in [6, 6.07) is 7.70. The van der Waals surface area contributed by atoms with Gasteiger partial charge in [0, 0.05) is 6.54 Å². The van der Waals surface area contributed by atoms with Crippen molar-refractivity contribution in [3.63, 3.8) is 0 Å². The fourth-order valence-electron chi connectivity index (χ4n) is 1.98. The Morgan fingerprint density at radius 2 is 2.17 bits per heavy atom. The van der Waals surface area contributed by atoms with Crippen LogP contribution >= 0.6 is 11.8 Å². The van der Waals surface area contributed by atoms with Crippen LogP contribution in [0.4, 0.5) is 0 Å². The zero-order chi connectivity index (χ0) is 13.1. The summed E-state index contributed by atoms with van der Waals surface area (Å²) in [7, 11) is 1.63. The second kappa shape index (κ2) is 5.63. The molecule has 5 heteroatoms. The van der Waals surface area contributed by atoms with E-state index in [1.54, 1.807) is 30.7 Å². The van der Waals surface area contributed by atoms with Gasteiger partial charge in [-0.25, -0.2) is 0 Å². The number of aliphatic hydroxyl groups is 1. The lowest BCUT2D eigenvalue weighted by atomic mass is 10.2. The Kier molecular flexibility index (Phi) is 4.14. The highest BCUT2D eigenvalue weighted by Gasteiger charge is 2.33. The van der Waals surface area contributed by atoms with Crippen LogP contribution in [0.25, 0.3) is 0 Å². The Hall–Kier alpha value is -1.20. The summed E-state index contributed by atoms with van der Waals surface area (Å²) in [4.78, 5) is 13.5. The van der Waals surface area contributed by atoms with Crippen molar-refractivity contribution in [2.75, 3.05) is 19.4 Å². The Bertz CT molecular complexity index is 419. The number of hydrogen-bond acceptors (Lipinski definition) is 4. The molecule has 0 bridgehead atoms. The van der Waals surface area contributed by atoms with Gasteiger partial charge in [-0.1, -0.05) is 12.1 Å². The summed E-state index contributed by atoms with van der Waals surface area (Å²) >= 11 is 1.59. The van der Waals surface area contributed by atoms with Gasteiger partial charge in [-0.2, -0.15) is 0 Å². The van der Waals surface area contributed by atoms with Gasteiger partial charge < -0.3 is 14.7 Å². The first kappa shape index (κ1) is 13.2. The zero-order valence-electron chi connectivity index (χ0n) is 10.5. The number of aliphatic hydroxyl groups excluding tert-OH is 1. The average molecular weight is 267 g/mol. The predicted molar refractivity (Wildman–Crippen MR) is 71.6 cm³/mol. The quantitative estimate of drug-likeness (QED) is 0.901. The molecular weight excluding hydrogens is 250 g/mol. The maximum absolute atomic E-state index is 11.8. The van der Waals surface area contributed by atoms with Crippen molar-refractivity contribution < 1.29 is 14.6 Å². The van der Waals surface area contributed by atoms with E-state index in [4.69, 9.17) is 4.74 Å². The van der Waals surface area contributed by atoms with E-state index in [0.29, 0.717) is 12.3 Å². The molecule has 2 unspecified atom stereocenters. The van der Waals surface area contributed by atoms with Crippen LogP contribution < -0.4 is 4.74 Å². The molecule has 0 aliphatic carbocycles. The molecule has 0 aromatic heterocycles. The van der Waals surface area contributed by atoms with Crippen LogP contribution in [0.5, 0.6) is 5.75 Å². The summed E-state index contributed by atoms with van der Waals surface area (Å²) in [6.07, 6.45) is -0.506. The van der Waals surface area contributed by atoms with E-state index in [1.807, 2.05) is 24.3 Å². The zero-order valence-corrected chi connectivity index (χ0v) is 11.3. The molecule has 0 radical (unpaired) electrons. The van der Waals surface area contributed by atoms with Crippen molar-refractivity contribution in [1.29, 1.82) is 0 Å². The highest BCUT2D eigenvalue weighted by molar-refractivity contribution is 8.00. The number of benzene rings is 1. The third-order valence-corrected chi connectivity index (χ3v) is 4.09. The van der Waals surface area contributed by atoms with E-state index in [1.165, 1.54) is 0 Å². The highest BCUT2D eigenvalue weighted by atomic mass is 32.2. The molecule has 98 valence electrons. The van der Waals surface area contributed by atoms with E-state index in [-0.39, 0.29) is 11.3 Å². The van der Waals surface area contributed by atoms with Crippen LogP contribution in [-0.4, -0.2) is 41.4 Å². The molecule has 0 saturated carbocycles. The lowest BCUT2D eigenvalue weighted by Crippen LogP contribution is -2.34. The van der Waals surface area contributed by atoms with Crippen LogP contribution in [0.2, 0.25) is 0 Å². The van der Waals surface area contributed by atoms with E-state index < -0.39 is 6.10 Å². The SMILES string of the molecule is COc1ccc(C2SCC(=O)N2CC(C)O)cc1. The number of thioether (sulfide) groups is 1. The van der Waals surface area contributed by atoms with Crippen LogP contribution in [0.1, 0.15) is 17.9 Å². The maximum atomic E-state index is 11.8. The molecule has 1 aliphatic heterocycles. The van der Waals surface area contributed by atoms with Crippen molar-refractivity contribution >= 4 is 17.7 Å². The van der Waals surface area contributed by atoms with Crippen molar-refractivity contribution in [2.45, 2.75) is 18.4 Å². The molecule has 1 saturated heterocycles. The van der Waals surface area contributed by atoms with E-state index in [0.717, 1.165) is 11.3 Å². The van der Waals surface area contributed by atoms with E-state index in [9.17, 15) is 9.90 Å². The minimum Gasteiger partial charge on any atom is -0.497 e. The van der Waals surface area contributed by atoms with Gasteiger partial charge in [-0.3, -0.25) is 4.79 Å². The molecule has 4 nitrogen and oxygen atoms in total. The first-order valence-corrected chi connectivity index (χ1v) is 6.90. The number of nitrogens with zero attached hydrogens (tertiary/aromatic N) is 1. The summed E-state index contributed by atoms with van der Waals surface area (Å²) in [5.74, 6) is 1.36. The lowest BCUT2D eigenvalue weighted by Gasteiger charge is -2.25. The minimum absolute atomic E-state index is 0.00185. The first-order chi connectivity index (χ1) is 8.61. The number of amides is 1. The second-order valence-corrected chi connectivity index (χ2v) is 5.40. The first-order valence-electron chi connectivity index (χ1n) is 5.85. The summed E-state index contributed by atoms with van der Waals surface area (Å²) in [5, 5.41) is 9.45. The Labute approximate surface area is 111 Å². The molecule has 1 fully saturated rings. The van der Waals surface area contributed by atoms with Crippen LogP contribution in [-0.2, 0) is 4.79 Å². The van der Waals surface area contributed by atoms with Crippen molar-refractivity contribution in [3.05, 3.63) is 29.8 Å². The standard InChI is InChI=1S/C13H17NO3S/c1-9(15)7-14-12(16)8-18-13(14)10-3-5-11(17-2)6-4-10/h3-6,9,13,15H,7-8H2,1-2H3. The predicted octanol–water partition coefficient (Wildman–Crippen LogP) is 1.65. The normalized spacial score (nSPS) is 21.2. The lowest BCUT2D eigenvalue weighted by molar-refractivity contribution is -0.129. The van der Waals surface area contributed by atoms with E-state index >= 15 is 0 Å².